The Labute approximate surface area is 122 Å². The Morgan fingerprint density at radius 2 is 0.462 bits per heavy atom. The molecule has 0 unspecified atom stereocenters. The second kappa shape index (κ2) is 4840. The van der Waals surface area contributed by atoms with Gasteiger partial charge in [0.25, 0.3) is 0 Å². The van der Waals surface area contributed by atoms with Crippen LogP contribution in [-0.2, 0) is 34.1 Å². The molecule has 0 N–H and O–H groups in total. The SMILES string of the molecule is [C-]#N.[C-]#N.[C-]#N.[C-]#N.[C-]#N.[Fe+2].[Mn+2].[Na+]. The molecule has 13 heavy (non-hydrogen) atoms. The number of hydrogen-bond donors (Lipinski definition) is 0. The molecule has 8 heteroatoms. The smallest absolute Gasteiger partial charge is 0.512 e. The van der Waals surface area contributed by atoms with Gasteiger partial charge in [0.2, 0.25) is 0 Å². The summed E-state index contributed by atoms with van der Waals surface area (Å²) in [5.74, 6) is 0. The van der Waals surface area contributed by atoms with E-state index in [0.717, 1.165) is 0 Å². The minimum absolute atomic E-state index is 0. The zero-order chi connectivity index (χ0) is 10.0. The van der Waals surface area contributed by atoms with Crippen LogP contribution in [0.2, 0.25) is 0 Å². The molecule has 5 nitrogen and oxygen atoms in total. The van der Waals surface area contributed by atoms with Crippen LogP contribution in [0, 0.1) is 59.2 Å². The summed E-state index contributed by atoms with van der Waals surface area (Å²) in [5, 5.41) is 31.2. The first-order valence-corrected chi connectivity index (χ1v) is 1.12. The van der Waals surface area contributed by atoms with E-state index in [1.807, 2.05) is 0 Å². The summed E-state index contributed by atoms with van der Waals surface area (Å²) in [6, 6.07) is 0. The third kappa shape index (κ3) is 3960. The molecule has 0 fully saturated rings. The second-order valence-corrected chi connectivity index (χ2v) is 0. The molecule has 0 saturated carbocycles. The topological polar surface area (TPSA) is 119 Å². The summed E-state index contributed by atoms with van der Waals surface area (Å²) in [6.45, 7) is 23.8. The number of hydrogen-bond acceptors (Lipinski definition) is 5. The van der Waals surface area contributed by atoms with Crippen LogP contribution in [0.5, 0.6) is 0 Å². The Morgan fingerprint density at radius 1 is 0.462 bits per heavy atom. The molecular weight excluding hydrogens is 264 g/mol. The predicted molar refractivity (Wildman–Crippen MR) is 24.8 cm³/mol. The molecule has 0 saturated heterocycles. The molecule has 61 valence electrons. The summed E-state index contributed by atoms with van der Waals surface area (Å²) in [4.78, 5) is 0. The zero-order valence-corrected chi connectivity index (χ0v) is 10.8. The summed E-state index contributed by atoms with van der Waals surface area (Å²) in [7, 11) is 0. The summed E-state index contributed by atoms with van der Waals surface area (Å²) in [5.41, 5.74) is 0. The van der Waals surface area contributed by atoms with Gasteiger partial charge in [0, 0.05) is 0 Å². The Kier molecular flexibility index (Phi) is 30500. The van der Waals surface area contributed by atoms with Gasteiger partial charge in [-0.3, -0.25) is 0 Å². The average Bonchev–Trinajstić information content (AvgIpc) is 2.20. The average molecular weight is 264 g/mol. The molecule has 0 aromatic heterocycles. The van der Waals surface area contributed by atoms with Crippen molar-refractivity contribution >= 4 is 0 Å². The molecule has 0 aromatic rings. The molecule has 0 bridgehead atoms. The van der Waals surface area contributed by atoms with Crippen molar-refractivity contribution in [1.82, 2.24) is 0 Å². The van der Waals surface area contributed by atoms with Crippen LogP contribution in [0.15, 0.2) is 0 Å². The van der Waals surface area contributed by atoms with Gasteiger partial charge in [-0.15, -0.1) is 0 Å². The number of rotatable bonds is 0. The second-order valence-electron chi connectivity index (χ2n) is 0. The van der Waals surface area contributed by atoms with E-state index in [9.17, 15) is 0 Å². The van der Waals surface area contributed by atoms with Crippen LogP contribution in [-0.4, -0.2) is 0 Å². The summed E-state index contributed by atoms with van der Waals surface area (Å²) in [6.07, 6.45) is 0. The minimum atomic E-state index is 0. The quantitative estimate of drug-likeness (QED) is 0.353. The van der Waals surface area contributed by atoms with Gasteiger partial charge in [0.1, 0.15) is 0 Å². The van der Waals surface area contributed by atoms with Crippen LogP contribution in [0.1, 0.15) is 0 Å². The standard InChI is InChI=1S/5CN.Fe.Mn.Na/c5*1-2;;;/q5*-1;2*+2;+1. The maximum Gasteiger partial charge on any atom is 2.00 e. The monoisotopic (exact) mass is 264 g/mol. The van der Waals surface area contributed by atoms with E-state index >= 15 is 0 Å². The van der Waals surface area contributed by atoms with Crippen molar-refractivity contribution in [2.75, 3.05) is 0 Å². The molecule has 0 heterocycles. The van der Waals surface area contributed by atoms with E-state index in [1.54, 1.807) is 0 Å². The van der Waals surface area contributed by atoms with Gasteiger partial charge in [0.05, 0.1) is 0 Å². The van der Waals surface area contributed by atoms with Crippen molar-refractivity contribution in [1.29, 1.82) is 26.3 Å². The van der Waals surface area contributed by atoms with Crippen molar-refractivity contribution in [3.05, 3.63) is 32.9 Å². The van der Waals surface area contributed by atoms with Crippen molar-refractivity contribution in [2.24, 2.45) is 0 Å². The Morgan fingerprint density at radius 3 is 0.462 bits per heavy atom. The summed E-state index contributed by atoms with van der Waals surface area (Å²) >= 11 is 0. The maximum atomic E-state index is 6.25. The maximum absolute atomic E-state index is 6.25. The molecule has 1 radical (unpaired) electrons. The molecule has 0 atom stereocenters. The first-order chi connectivity index (χ1) is 5.00. The Hall–Kier alpha value is -0.511. The van der Waals surface area contributed by atoms with Gasteiger partial charge in [-0.05, 0) is 0 Å². The number of nitrogens with zero attached hydrogens (tertiary/aromatic N) is 5. The normalized spacial score (nSPS) is 0.769. The predicted octanol–water partition coefficient (Wildman–Crippen LogP) is -2.52. The van der Waals surface area contributed by atoms with Crippen LogP contribution in [0.3, 0.4) is 0 Å². The molecule has 0 aliphatic heterocycles. The molecule has 0 aromatic carbocycles. The first-order valence-electron chi connectivity index (χ1n) is 1.12. The van der Waals surface area contributed by atoms with E-state index in [2.05, 4.69) is 0 Å². The van der Waals surface area contributed by atoms with Crippen LogP contribution in [0.4, 0.5) is 0 Å². The third-order valence-corrected chi connectivity index (χ3v) is 0. The molecular formula is C5FeMnN5Na. The van der Waals surface area contributed by atoms with Gasteiger partial charge in [-0.2, -0.15) is 0 Å². The fourth-order valence-corrected chi connectivity index (χ4v) is 0. The fraction of sp³-hybridized carbons (Fsp3) is 0. The Bertz CT molecular complexity index is 83.5. The van der Waals surface area contributed by atoms with Gasteiger partial charge >= 0.3 is 63.7 Å². The molecule has 0 aliphatic rings. The molecule has 0 aliphatic carbocycles. The molecule has 0 rings (SSSR count). The van der Waals surface area contributed by atoms with Crippen molar-refractivity contribution in [2.45, 2.75) is 0 Å². The minimum Gasteiger partial charge on any atom is -0.512 e. The fourth-order valence-electron chi connectivity index (χ4n) is 0. The molecule has 0 amide bonds. The van der Waals surface area contributed by atoms with E-state index < -0.39 is 0 Å². The van der Waals surface area contributed by atoms with E-state index in [1.165, 1.54) is 0 Å². The van der Waals surface area contributed by atoms with Gasteiger partial charge in [-0.25, -0.2) is 0 Å². The van der Waals surface area contributed by atoms with Gasteiger partial charge in [-0.1, -0.05) is 0 Å². The van der Waals surface area contributed by atoms with Crippen molar-refractivity contribution < 1.29 is 63.7 Å². The Balaban J connectivity index is -0.00000000379. The van der Waals surface area contributed by atoms with Crippen LogP contribution < -0.4 is 29.6 Å². The van der Waals surface area contributed by atoms with Crippen LogP contribution in [0.25, 0.3) is 0 Å². The van der Waals surface area contributed by atoms with Gasteiger partial charge < -0.3 is 59.2 Å². The van der Waals surface area contributed by atoms with Crippen LogP contribution >= 0.6 is 0 Å². The van der Waals surface area contributed by atoms with E-state index in [0.29, 0.717) is 0 Å². The van der Waals surface area contributed by atoms with Crippen molar-refractivity contribution in [3.63, 3.8) is 0 Å². The van der Waals surface area contributed by atoms with Crippen molar-refractivity contribution in [3.8, 4) is 0 Å². The summed E-state index contributed by atoms with van der Waals surface area (Å²) < 4.78 is 0. The first kappa shape index (κ1) is 81.8. The van der Waals surface area contributed by atoms with E-state index in [4.69, 9.17) is 59.2 Å². The van der Waals surface area contributed by atoms with Gasteiger partial charge in [0.15, 0.2) is 0 Å². The largest absolute Gasteiger partial charge is 2.00 e. The third-order valence-electron chi connectivity index (χ3n) is 0. The molecule has 0 spiro atoms. The van der Waals surface area contributed by atoms with E-state index in [-0.39, 0.29) is 63.7 Å². The zero-order valence-electron chi connectivity index (χ0n) is 6.47.